The molecule has 1 aliphatic heterocycles. The zero-order valence-electron chi connectivity index (χ0n) is 14.3. The average molecular weight is 323 g/mol. The van der Waals surface area contributed by atoms with E-state index in [1.165, 1.54) is 17.5 Å². The molecule has 1 saturated heterocycles. The molecule has 1 aromatic carbocycles. The molecule has 1 aliphatic carbocycles. The first kappa shape index (κ1) is 15.4. The summed E-state index contributed by atoms with van der Waals surface area (Å²) in [6, 6.07) is 10.9. The maximum atomic E-state index is 13.1. The summed E-state index contributed by atoms with van der Waals surface area (Å²) in [6.45, 7) is 3.84. The predicted octanol–water partition coefficient (Wildman–Crippen LogP) is 3.38. The maximum absolute atomic E-state index is 13.1. The Morgan fingerprint density at radius 1 is 1.29 bits per heavy atom. The van der Waals surface area contributed by atoms with Crippen LogP contribution in [-0.4, -0.2) is 33.2 Å². The van der Waals surface area contributed by atoms with Crippen LogP contribution in [0, 0.1) is 12.8 Å². The van der Waals surface area contributed by atoms with Crippen LogP contribution < -0.4 is 0 Å². The Bertz CT molecular complexity index is 709. The molecule has 0 unspecified atom stereocenters. The fourth-order valence-electron chi connectivity index (χ4n) is 4.05. The van der Waals surface area contributed by atoms with Crippen molar-refractivity contribution in [3.63, 3.8) is 0 Å². The number of carbonyl (C=O) groups is 1. The molecule has 0 N–H and O–H groups in total. The van der Waals surface area contributed by atoms with Gasteiger partial charge in [0, 0.05) is 24.9 Å². The number of nitrogens with zero attached hydrogens (tertiary/aromatic N) is 3. The molecule has 4 rings (SSSR count). The molecule has 2 aromatic rings. The molecule has 1 saturated carbocycles. The topological polar surface area (TPSA) is 38.1 Å². The molecule has 1 aromatic heterocycles. The first-order chi connectivity index (χ1) is 11.7. The number of piperidine rings is 1. The molecule has 2 heterocycles. The summed E-state index contributed by atoms with van der Waals surface area (Å²) in [7, 11) is 0. The normalized spacial score (nSPS) is 26.4. The van der Waals surface area contributed by atoms with Gasteiger partial charge in [-0.2, -0.15) is 5.10 Å². The van der Waals surface area contributed by atoms with Crippen molar-refractivity contribution in [2.45, 2.75) is 51.1 Å². The van der Waals surface area contributed by atoms with Crippen LogP contribution in [0.3, 0.4) is 0 Å². The molecular formula is C20H25N3O. The molecule has 4 nitrogen and oxygen atoms in total. The second kappa shape index (κ2) is 6.42. The average Bonchev–Trinajstić information content (AvgIpc) is 3.24. The van der Waals surface area contributed by atoms with Gasteiger partial charge in [0.05, 0.1) is 12.6 Å². The first-order valence-electron chi connectivity index (χ1n) is 9.07. The van der Waals surface area contributed by atoms with Gasteiger partial charge in [0.1, 0.15) is 0 Å². The fourth-order valence-corrected chi connectivity index (χ4v) is 4.05. The highest BCUT2D eigenvalue weighted by Gasteiger charge is 2.47. The van der Waals surface area contributed by atoms with E-state index in [0.29, 0.717) is 17.9 Å². The molecular weight excluding hydrogens is 298 g/mol. The summed E-state index contributed by atoms with van der Waals surface area (Å²) in [6.07, 6.45) is 8.24. The highest BCUT2D eigenvalue weighted by Crippen LogP contribution is 2.49. The van der Waals surface area contributed by atoms with Crippen molar-refractivity contribution in [2.75, 3.05) is 6.54 Å². The van der Waals surface area contributed by atoms with Gasteiger partial charge in [0.2, 0.25) is 5.91 Å². The Labute approximate surface area is 143 Å². The van der Waals surface area contributed by atoms with E-state index >= 15 is 0 Å². The first-order valence-corrected chi connectivity index (χ1v) is 9.07. The minimum atomic E-state index is 0.185. The van der Waals surface area contributed by atoms with E-state index in [1.807, 2.05) is 23.1 Å². The zero-order chi connectivity index (χ0) is 16.5. The molecule has 4 heteroatoms. The van der Waals surface area contributed by atoms with Crippen LogP contribution in [0.4, 0.5) is 0 Å². The number of carbonyl (C=O) groups excluding carboxylic acids is 1. The SMILES string of the molecule is Cc1cccc([C@@H]2C[C@H]2C(=O)N2CCCC[C@@H]2Cn2cccn2)c1. The molecule has 2 aliphatic rings. The second-order valence-electron chi connectivity index (χ2n) is 7.27. The Hall–Kier alpha value is -2.10. The van der Waals surface area contributed by atoms with Gasteiger partial charge >= 0.3 is 0 Å². The summed E-state index contributed by atoms with van der Waals surface area (Å²) >= 11 is 0. The molecule has 0 bridgehead atoms. The van der Waals surface area contributed by atoms with E-state index < -0.39 is 0 Å². The van der Waals surface area contributed by atoms with Gasteiger partial charge in [-0.3, -0.25) is 9.48 Å². The Morgan fingerprint density at radius 2 is 2.21 bits per heavy atom. The van der Waals surface area contributed by atoms with Crippen molar-refractivity contribution < 1.29 is 4.79 Å². The number of benzene rings is 1. The van der Waals surface area contributed by atoms with E-state index in [4.69, 9.17) is 0 Å². The van der Waals surface area contributed by atoms with E-state index in [2.05, 4.69) is 41.2 Å². The van der Waals surface area contributed by atoms with Gasteiger partial charge in [0.25, 0.3) is 0 Å². The van der Waals surface area contributed by atoms with Crippen LogP contribution in [0.1, 0.15) is 42.7 Å². The molecule has 0 radical (unpaired) electrons. The Kier molecular flexibility index (Phi) is 4.13. The lowest BCUT2D eigenvalue weighted by molar-refractivity contribution is -0.136. The van der Waals surface area contributed by atoms with E-state index in [9.17, 15) is 4.79 Å². The van der Waals surface area contributed by atoms with Gasteiger partial charge in [-0.25, -0.2) is 0 Å². The molecule has 0 spiro atoms. The van der Waals surface area contributed by atoms with E-state index in [0.717, 1.165) is 32.4 Å². The predicted molar refractivity (Wildman–Crippen MR) is 93.6 cm³/mol. The van der Waals surface area contributed by atoms with Crippen LogP contribution >= 0.6 is 0 Å². The van der Waals surface area contributed by atoms with Crippen LogP contribution in [0.2, 0.25) is 0 Å². The number of hydrogen-bond donors (Lipinski definition) is 0. The van der Waals surface area contributed by atoms with Crippen LogP contribution in [0.5, 0.6) is 0 Å². The molecule has 3 atom stereocenters. The van der Waals surface area contributed by atoms with Crippen molar-refractivity contribution in [3.8, 4) is 0 Å². The highest BCUT2D eigenvalue weighted by atomic mass is 16.2. The molecule has 1 amide bonds. The summed E-state index contributed by atoms with van der Waals surface area (Å²) in [5.74, 6) is 0.966. The zero-order valence-corrected chi connectivity index (χ0v) is 14.3. The minimum Gasteiger partial charge on any atom is -0.338 e. The number of likely N-dealkylation sites (tertiary alicyclic amines) is 1. The monoisotopic (exact) mass is 323 g/mol. The van der Waals surface area contributed by atoms with Crippen molar-refractivity contribution in [1.29, 1.82) is 0 Å². The summed E-state index contributed by atoms with van der Waals surface area (Å²) in [5, 5.41) is 4.32. The third-order valence-electron chi connectivity index (χ3n) is 5.45. The summed E-state index contributed by atoms with van der Waals surface area (Å²) < 4.78 is 1.96. The number of amides is 1. The lowest BCUT2D eigenvalue weighted by atomic mass is 10.0. The smallest absolute Gasteiger partial charge is 0.226 e. The lowest BCUT2D eigenvalue weighted by Crippen LogP contribution is -2.46. The van der Waals surface area contributed by atoms with Crippen molar-refractivity contribution in [3.05, 3.63) is 53.9 Å². The standard InChI is InChI=1S/C20H25N3O/c1-15-6-4-7-16(12-15)18-13-19(18)20(24)23-11-3-2-8-17(23)14-22-10-5-9-21-22/h4-7,9-10,12,17-19H,2-3,8,11,13-14H2,1H3/t17-,18+,19-/m1/s1. The maximum Gasteiger partial charge on any atom is 0.226 e. The Morgan fingerprint density at radius 3 is 3.00 bits per heavy atom. The van der Waals surface area contributed by atoms with Crippen molar-refractivity contribution in [1.82, 2.24) is 14.7 Å². The van der Waals surface area contributed by atoms with Crippen LogP contribution in [0.25, 0.3) is 0 Å². The molecule has 24 heavy (non-hydrogen) atoms. The van der Waals surface area contributed by atoms with Crippen LogP contribution in [-0.2, 0) is 11.3 Å². The number of aryl methyl sites for hydroxylation is 1. The van der Waals surface area contributed by atoms with Crippen LogP contribution in [0.15, 0.2) is 42.7 Å². The van der Waals surface area contributed by atoms with E-state index in [1.54, 1.807) is 0 Å². The van der Waals surface area contributed by atoms with Crippen molar-refractivity contribution >= 4 is 5.91 Å². The Balaban J connectivity index is 1.45. The quantitative estimate of drug-likeness (QED) is 0.865. The summed E-state index contributed by atoms with van der Waals surface area (Å²) in [5.41, 5.74) is 2.61. The lowest BCUT2D eigenvalue weighted by Gasteiger charge is -2.36. The van der Waals surface area contributed by atoms with Gasteiger partial charge < -0.3 is 4.90 Å². The van der Waals surface area contributed by atoms with E-state index in [-0.39, 0.29) is 5.92 Å². The minimum absolute atomic E-state index is 0.185. The second-order valence-corrected chi connectivity index (χ2v) is 7.27. The third-order valence-corrected chi connectivity index (χ3v) is 5.45. The van der Waals surface area contributed by atoms with Gasteiger partial charge in [-0.15, -0.1) is 0 Å². The number of aromatic nitrogens is 2. The number of rotatable bonds is 4. The number of hydrogen-bond acceptors (Lipinski definition) is 2. The summed E-state index contributed by atoms with van der Waals surface area (Å²) in [4.78, 5) is 15.2. The highest BCUT2D eigenvalue weighted by molar-refractivity contribution is 5.83. The van der Waals surface area contributed by atoms with Gasteiger partial charge in [-0.1, -0.05) is 29.8 Å². The fraction of sp³-hybridized carbons (Fsp3) is 0.500. The van der Waals surface area contributed by atoms with Gasteiger partial charge in [0.15, 0.2) is 0 Å². The molecule has 2 fully saturated rings. The van der Waals surface area contributed by atoms with Crippen molar-refractivity contribution in [2.24, 2.45) is 5.92 Å². The third kappa shape index (κ3) is 3.10. The largest absolute Gasteiger partial charge is 0.338 e. The molecule has 126 valence electrons. The van der Waals surface area contributed by atoms with Gasteiger partial charge in [-0.05, 0) is 50.2 Å².